The highest BCUT2D eigenvalue weighted by Gasteiger charge is 2.18. The summed E-state index contributed by atoms with van der Waals surface area (Å²) in [6.45, 7) is 4.53. The molecule has 2 rings (SSSR count). The van der Waals surface area contributed by atoms with Crippen LogP contribution < -0.4 is 0 Å². The van der Waals surface area contributed by atoms with E-state index in [4.69, 9.17) is 0 Å². The largest absolute Gasteiger partial charge is 0.254 e. The highest BCUT2D eigenvalue weighted by atomic mass is 14.9. The third kappa shape index (κ3) is 2.49. The van der Waals surface area contributed by atoms with Gasteiger partial charge >= 0.3 is 0 Å². The monoisotopic (exact) mass is 216 g/mol. The van der Waals surface area contributed by atoms with Gasteiger partial charge in [0.15, 0.2) is 0 Å². The van der Waals surface area contributed by atoms with Crippen LogP contribution in [0.15, 0.2) is 33.5 Å². The molecule has 1 unspecified atom stereocenters. The van der Waals surface area contributed by atoms with Crippen molar-refractivity contribution in [3.8, 4) is 0 Å². The van der Waals surface area contributed by atoms with Gasteiger partial charge in [0.05, 0.1) is 11.4 Å². The second kappa shape index (κ2) is 5.24. The SMILES string of the molecule is CCCCC(CC)CC1=NC2=CC=NC2=C1. The fourth-order valence-electron chi connectivity index (χ4n) is 2.23. The Balaban J connectivity index is 1.90. The van der Waals surface area contributed by atoms with Gasteiger partial charge in [-0.2, -0.15) is 0 Å². The molecule has 0 amide bonds. The van der Waals surface area contributed by atoms with Crippen LogP contribution in [-0.2, 0) is 0 Å². The van der Waals surface area contributed by atoms with Gasteiger partial charge in [-0.25, -0.2) is 0 Å². The van der Waals surface area contributed by atoms with Crippen molar-refractivity contribution in [2.45, 2.75) is 46.0 Å². The number of unbranched alkanes of at least 4 members (excludes halogenated alkanes) is 1. The number of hydrogen-bond acceptors (Lipinski definition) is 2. The topological polar surface area (TPSA) is 24.7 Å². The molecule has 0 radical (unpaired) electrons. The van der Waals surface area contributed by atoms with Crippen LogP contribution in [0.4, 0.5) is 0 Å². The fourth-order valence-corrected chi connectivity index (χ4v) is 2.23. The van der Waals surface area contributed by atoms with Gasteiger partial charge in [0.2, 0.25) is 0 Å². The van der Waals surface area contributed by atoms with E-state index in [2.05, 4.69) is 29.9 Å². The van der Waals surface area contributed by atoms with Gasteiger partial charge in [0.25, 0.3) is 0 Å². The van der Waals surface area contributed by atoms with Crippen molar-refractivity contribution < 1.29 is 0 Å². The van der Waals surface area contributed by atoms with Crippen molar-refractivity contribution in [1.29, 1.82) is 0 Å². The number of rotatable bonds is 6. The molecule has 2 aliphatic rings. The average molecular weight is 216 g/mol. The minimum atomic E-state index is 0.791. The summed E-state index contributed by atoms with van der Waals surface area (Å²) in [5.41, 5.74) is 3.33. The number of nitrogens with zero attached hydrogens (tertiary/aromatic N) is 2. The zero-order valence-corrected chi connectivity index (χ0v) is 10.2. The molecule has 2 nitrogen and oxygen atoms in total. The lowest BCUT2D eigenvalue weighted by atomic mass is 9.93. The predicted molar refractivity (Wildman–Crippen MR) is 70.0 cm³/mol. The van der Waals surface area contributed by atoms with Crippen LogP contribution in [0.2, 0.25) is 0 Å². The molecule has 0 saturated carbocycles. The zero-order valence-electron chi connectivity index (χ0n) is 10.2. The lowest BCUT2D eigenvalue weighted by molar-refractivity contribution is 0.467. The molecule has 1 atom stereocenters. The van der Waals surface area contributed by atoms with E-state index in [1.807, 2.05) is 12.3 Å². The van der Waals surface area contributed by atoms with Crippen LogP contribution in [0.5, 0.6) is 0 Å². The average Bonchev–Trinajstić information content (AvgIpc) is 2.84. The summed E-state index contributed by atoms with van der Waals surface area (Å²) in [4.78, 5) is 8.88. The van der Waals surface area contributed by atoms with E-state index in [9.17, 15) is 0 Å². The standard InChI is InChI=1S/C14H20N2/c1-3-5-6-11(4-2)9-12-10-14-13(16-12)7-8-15-14/h7-8,10-11H,3-6,9H2,1-2H3. The minimum Gasteiger partial charge on any atom is -0.254 e. The lowest BCUT2D eigenvalue weighted by Gasteiger charge is -2.12. The van der Waals surface area contributed by atoms with Crippen molar-refractivity contribution in [3.05, 3.63) is 23.5 Å². The molecule has 16 heavy (non-hydrogen) atoms. The van der Waals surface area contributed by atoms with E-state index in [1.54, 1.807) is 0 Å². The van der Waals surface area contributed by atoms with Crippen LogP contribution in [0.25, 0.3) is 0 Å². The second-order valence-corrected chi connectivity index (χ2v) is 4.58. The molecule has 2 aliphatic heterocycles. The van der Waals surface area contributed by atoms with E-state index < -0.39 is 0 Å². The Labute approximate surface area is 97.9 Å². The van der Waals surface area contributed by atoms with E-state index in [1.165, 1.54) is 31.4 Å². The van der Waals surface area contributed by atoms with Crippen molar-refractivity contribution in [3.63, 3.8) is 0 Å². The van der Waals surface area contributed by atoms with Crippen LogP contribution in [-0.4, -0.2) is 11.9 Å². The minimum absolute atomic E-state index is 0.791. The van der Waals surface area contributed by atoms with Crippen molar-refractivity contribution in [2.24, 2.45) is 15.9 Å². The Morgan fingerprint density at radius 1 is 1.25 bits per heavy atom. The van der Waals surface area contributed by atoms with E-state index in [0.717, 1.165) is 23.7 Å². The Hall–Kier alpha value is -1.18. The Bertz CT molecular complexity index is 372. The Morgan fingerprint density at radius 3 is 2.81 bits per heavy atom. The van der Waals surface area contributed by atoms with E-state index >= 15 is 0 Å². The summed E-state index contributed by atoms with van der Waals surface area (Å²) in [6.07, 6.45) is 12.3. The maximum Gasteiger partial charge on any atom is 0.0905 e. The van der Waals surface area contributed by atoms with Crippen molar-refractivity contribution in [1.82, 2.24) is 0 Å². The highest BCUT2D eigenvalue weighted by Crippen LogP contribution is 2.27. The van der Waals surface area contributed by atoms with Crippen molar-refractivity contribution in [2.75, 3.05) is 0 Å². The number of hydrogen-bond donors (Lipinski definition) is 0. The zero-order chi connectivity index (χ0) is 11.4. The van der Waals surface area contributed by atoms with Gasteiger partial charge in [-0.1, -0.05) is 39.5 Å². The molecule has 0 fully saturated rings. The van der Waals surface area contributed by atoms with Gasteiger partial charge in [-0.05, 0) is 24.5 Å². The quantitative estimate of drug-likeness (QED) is 0.643. The van der Waals surface area contributed by atoms with Gasteiger partial charge in [-0.15, -0.1) is 0 Å². The maximum atomic E-state index is 4.61. The normalized spacial score (nSPS) is 19.2. The third-order valence-electron chi connectivity index (χ3n) is 3.32. The summed E-state index contributed by atoms with van der Waals surface area (Å²) in [6, 6.07) is 0. The number of allylic oxidation sites excluding steroid dienone is 2. The summed E-state index contributed by atoms with van der Waals surface area (Å²) >= 11 is 0. The summed E-state index contributed by atoms with van der Waals surface area (Å²) < 4.78 is 0. The smallest absolute Gasteiger partial charge is 0.0905 e. The molecular weight excluding hydrogens is 196 g/mol. The molecule has 0 aromatic heterocycles. The van der Waals surface area contributed by atoms with Gasteiger partial charge in [-0.3, -0.25) is 9.98 Å². The van der Waals surface area contributed by atoms with Gasteiger partial charge in [0.1, 0.15) is 0 Å². The molecule has 0 spiro atoms. The summed E-state index contributed by atoms with van der Waals surface area (Å²) in [5.74, 6) is 0.791. The van der Waals surface area contributed by atoms with Crippen LogP contribution in [0.3, 0.4) is 0 Å². The van der Waals surface area contributed by atoms with Crippen LogP contribution in [0.1, 0.15) is 46.0 Å². The summed E-state index contributed by atoms with van der Waals surface area (Å²) in [7, 11) is 0. The molecule has 86 valence electrons. The second-order valence-electron chi connectivity index (χ2n) is 4.58. The first-order chi connectivity index (χ1) is 7.83. The Morgan fingerprint density at radius 2 is 2.12 bits per heavy atom. The molecule has 0 aromatic rings. The van der Waals surface area contributed by atoms with E-state index in [0.29, 0.717) is 0 Å². The van der Waals surface area contributed by atoms with Crippen molar-refractivity contribution >= 4 is 11.9 Å². The van der Waals surface area contributed by atoms with Crippen LogP contribution in [0, 0.1) is 5.92 Å². The first-order valence-electron chi connectivity index (χ1n) is 6.37. The highest BCUT2D eigenvalue weighted by molar-refractivity contribution is 6.02. The third-order valence-corrected chi connectivity index (χ3v) is 3.32. The molecule has 2 heteroatoms. The van der Waals surface area contributed by atoms with E-state index in [-0.39, 0.29) is 0 Å². The number of aliphatic imine (C=N–C) groups is 2. The molecule has 0 N–H and O–H groups in total. The molecule has 2 heterocycles. The summed E-state index contributed by atoms with van der Waals surface area (Å²) in [5, 5.41) is 0. The molecular formula is C14H20N2. The molecule has 0 aromatic carbocycles. The molecule has 0 saturated heterocycles. The fraction of sp³-hybridized carbons (Fsp3) is 0.571. The maximum absolute atomic E-state index is 4.61. The lowest BCUT2D eigenvalue weighted by Crippen LogP contribution is -2.05. The predicted octanol–water partition coefficient (Wildman–Crippen LogP) is 3.90. The molecule has 0 aliphatic carbocycles. The molecule has 0 bridgehead atoms. The number of fused-ring (bicyclic) bond motifs is 1. The van der Waals surface area contributed by atoms with Gasteiger partial charge in [0, 0.05) is 11.9 Å². The van der Waals surface area contributed by atoms with Crippen LogP contribution >= 0.6 is 0 Å². The van der Waals surface area contributed by atoms with Gasteiger partial charge < -0.3 is 0 Å². The first-order valence-corrected chi connectivity index (χ1v) is 6.37. The first kappa shape index (κ1) is 11.3. The Kier molecular flexibility index (Phi) is 3.70.